The number of nitrogens with zero attached hydrogens (tertiary/aromatic N) is 1. The van der Waals surface area contributed by atoms with E-state index in [1.165, 1.54) is 11.1 Å². The van der Waals surface area contributed by atoms with Crippen molar-refractivity contribution in [2.24, 2.45) is 0 Å². The fraction of sp³-hybridized carbons (Fsp3) is 0.435. The first-order valence-electron chi connectivity index (χ1n) is 9.92. The van der Waals surface area contributed by atoms with E-state index >= 15 is 0 Å². The third-order valence-corrected chi connectivity index (χ3v) is 5.69. The Labute approximate surface area is 161 Å². The normalized spacial score (nSPS) is 21.5. The van der Waals surface area contributed by atoms with Gasteiger partial charge in [0.2, 0.25) is 0 Å². The van der Waals surface area contributed by atoms with Gasteiger partial charge in [0.15, 0.2) is 0 Å². The van der Waals surface area contributed by atoms with Crippen molar-refractivity contribution >= 4 is 5.91 Å². The molecule has 1 heterocycles. The quantitative estimate of drug-likeness (QED) is 0.789. The molecule has 4 nitrogen and oxygen atoms in total. The Morgan fingerprint density at radius 1 is 1.11 bits per heavy atom. The van der Waals surface area contributed by atoms with Crippen molar-refractivity contribution in [2.75, 3.05) is 20.3 Å². The van der Waals surface area contributed by atoms with Gasteiger partial charge in [-0.15, -0.1) is 0 Å². The van der Waals surface area contributed by atoms with Crippen molar-refractivity contribution < 1.29 is 14.3 Å². The van der Waals surface area contributed by atoms with Gasteiger partial charge in [-0.05, 0) is 67.5 Å². The number of carbonyl (C=O) groups excluding carboxylic acids is 1. The Balaban J connectivity index is 1.41. The van der Waals surface area contributed by atoms with Gasteiger partial charge in [0.1, 0.15) is 12.4 Å². The zero-order valence-electron chi connectivity index (χ0n) is 15.9. The molecule has 0 aromatic heterocycles. The van der Waals surface area contributed by atoms with Gasteiger partial charge in [-0.3, -0.25) is 4.79 Å². The highest BCUT2D eigenvalue weighted by Gasteiger charge is 2.27. The summed E-state index contributed by atoms with van der Waals surface area (Å²) < 4.78 is 11.4. The minimum absolute atomic E-state index is 0.0578. The molecule has 2 atom stereocenters. The zero-order chi connectivity index (χ0) is 18.6. The first-order valence-corrected chi connectivity index (χ1v) is 9.92. The van der Waals surface area contributed by atoms with Crippen LogP contribution in [0.4, 0.5) is 0 Å². The third kappa shape index (κ3) is 4.01. The molecule has 0 N–H and O–H groups in total. The van der Waals surface area contributed by atoms with E-state index in [2.05, 4.69) is 24.3 Å². The number of hydrogen-bond donors (Lipinski definition) is 0. The Kier molecular flexibility index (Phi) is 5.44. The molecule has 0 saturated carbocycles. The average molecular weight is 365 g/mol. The first kappa shape index (κ1) is 18.1. The summed E-state index contributed by atoms with van der Waals surface area (Å²) in [5.41, 5.74) is 3.35. The molecule has 1 amide bonds. The molecule has 1 aliphatic carbocycles. The van der Waals surface area contributed by atoms with Crippen LogP contribution >= 0.6 is 0 Å². The number of carbonyl (C=O) groups is 1. The van der Waals surface area contributed by atoms with E-state index in [4.69, 9.17) is 9.47 Å². The van der Waals surface area contributed by atoms with Crippen LogP contribution in [-0.2, 0) is 11.2 Å². The maximum absolute atomic E-state index is 13.0. The zero-order valence-corrected chi connectivity index (χ0v) is 15.9. The topological polar surface area (TPSA) is 38.8 Å². The molecule has 2 aliphatic rings. The molecule has 0 unspecified atom stereocenters. The number of rotatable bonds is 5. The lowest BCUT2D eigenvalue weighted by atomic mass is 9.87. The Morgan fingerprint density at radius 2 is 1.93 bits per heavy atom. The predicted molar refractivity (Wildman–Crippen MR) is 105 cm³/mol. The number of hydrogen-bond acceptors (Lipinski definition) is 3. The predicted octanol–water partition coefficient (Wildman–Crippen LogP) is 4.39. The summed E-state index contributed by atoms with van der Waals surface area (Å²) in [5, 5.41) is 0. The molecular weight excluding hydrogens is 338 g/mol. The Morgan fingerprint density at radius 3 is 2.70 bits per heavy atom. The largest absolute Gasteiger partial charge is 0.491 e. The highest BCUT2D eigenvalue weighted by atomic mass is 16.5. The minimum atomic E-state index is 0.0578. The van der Waals surface area contributed by atoms with Crippen molar-refractivity contribution in [3.8, 4) is 5.75 Å². The highest BCUT2D eigenvalue weighted by Crippen LogP contribution is 2.34. The molecule has 4 heteroatoms. The lowest BCUT2D eigenvalue weighted by Gasteiger charge is -2.33. The second-order valence-electron chi connectivity index (χ2n) is 7.49. The number of ether oxygens (including phenoxy) is 2. The van der Waals surface area contributed by atoms with Gasteiger partial charge in [0.25, 0.3) is 5.91 Å². The van der Waals surface area contributed by atoms with E-state index in [9.17, 15) is 4.79 Å². The highest BCUT2D eigenvalue weighted by molar-refractivity contribution is 5.94. The van der Waals surface area contributed by atoms with Crippen LogP contribution < -0.4 is 4.74 Å². The van der Waals surface area contributed by atoms with Crippen molar-refractivity contribution in [1.29, 1.82) is 0 Å². The van der Waals surface area contributed by atoms with E-state index in [1.807, 2.05) is 36.2 Å². The monoisotopic (exact) mass is 365 g/mol. The second kappa shape index (κ2) is 8.13. The van der Waals surface area contributed by atoms with Crippen molar-refractivity contribution in [3.05, 3.63) is 65.2 Å². The summed E-state index contributed by atoms with van der Waals surface area (Å²) in [7, 11) is 1.91. The second-order valence-corrected chi connectivity index (χ2v) is 7.49. The van der Waals surface area contributed by atoms with Gasteiger partial charge in [-0.25, -0.2) is 0 Å². The van der Waals surface area contributed by atoms with Gasteiger partial charge < -0.3 is 14.4 Å². The molecule has 2 aromatic rings. The summed E-state index contributed by atoms with van der Waals surface area (Å²) in [6.07, 6.45) is 5.61. The van der Waals surface area contributed by atoms with Crippen LogP contribution in [0.15, 0.2) is 48.5 Å². The summed E-state index contributed by atoms with van der Waals surface area (Å²) >= 11 is 0. The number of amides is 1. The van der Waals surface area contributed by atoms with Crippen LogP contribution in [0.25, 0.3) is 0 Å². The van der Waals surface area contributed by atoms with Crippen LogP contribution in [0.5, 0.6) is 5.75 Å². The molecule has 1 fully saturated rings. The molecule has 2 aromatic carbocycles. The van der Waals surface area contributed by atoms with Crippen LogP contribution in [0, 0.1) is 0 Å². The molecular formula is C23H27NO3. The van der Waals surface area contributed by atoms with Crippen LogP contribution in [0.3, 0.4) is 0 Å². The SMILES string of the molecule is CN(C(=O)c1ccc(OC[C@@H]2CCCO2)cc1)[C@@H]1CCCc2ccccc21. The van der Waals surface area contributed by atoms with Crippen molar-refractivity contribution in [2.45, 2.75) is 44.2 Å². The molecule has 4 rings (SSSR count). The average Bonchev–Trinajstić information content (AvgIpc) is 3.25. The van der Waals surface area contributed by atoms with Crippen LogP contribution in [-0.4, -0.2) is 37.2 Å². The molecule has 142 valence electrons. The summed E-state index contributed by atoms with van der Waals surface area (Å²) in [4.78, 5) is 14.9. The van der Waals surface area contributed by atoms with Gasteiger partial charge in [0, 0.05) is 19.2 Å². The fourth-order valence-corrected chi connectivity index (χ4v) is 4.13. The Hall–Kier alpha value is -2.33. The molecule has 1 saturated heterocycles. The summed E-state index contributed by atoms with van der Waals surface area (Å²) in [5.74, 6) is 0.843. The molecule has 27 heavy (non-hydrogen) atoms. The molecule has 1 aliphatic heterocycles. The molecule has 0 bridgehead atoms. The van der Waals surface area contributed by atoms with Gasteiger partial charge >= 0.3 is 0 Å². The van der Waals surface area contributed by atoms with E-state index < -0.39 is 0 Å². The molecule has 0 radical (unpaired) electrons. The number of aryl methyl sites for hydroxylation is 1. The van der Waals surface area contributed by atoms with E-state index in [-0.39, 0.29) is 18.1 Å². The van der Waals surface area contributed by atoms with Crippen LogP contribution in [0.1, 0.15) is 53.2 Å². The van der Waals surface area contributed by atoms with Crippen molar-refractivity contribution in [1.82, 2.24) is 4.90 Å². The maximum atomic E-state index is 13.0. The number of benzene rings is 2. The Bertz CT molecular complexity index is 780. The third-order valence-electron chi connectivity index (χ3n) is 5.69. The van der Waals surface area contributed by atoms with Gasteiger partial charge in [-0.1, -0.05) is 24.3 Å². The van der Waals surface area contributed by atoms with E-state index in [0.29, 0.717) is 12.2 Å². The molecule has 0 spiro atoms. The smallest absolute Gasteiger partial charge is 0.254 e. The van der Waals surface area contributed by atoms with Crippen molar-refractivity contribution in [3.63, 3.8) is 0 Å². The number of fused-ring (bicyclic) bond motifs is 1. The van der Waals surface area contributed by atoms with E-state index in [0.717, 1.165) is 44.5 Å². The van der Waals surface area contributed by atoms with E-state index in [1.54, 1.807) is 0 Å². The van der Waals surface area contributed by atoms with Gasteiger partial charge in [-0.2, -0.15) is 0 Å². The summed E-state index contributed by atoms with van der Waals surface area (Å²) in [6.45, 7) is 1.41. The maximum Gasteiger partial charge on any atom is 0.254 e. The lowest BCUT2D eigenvalue weighted by molar-refractivity contribution is 0.0677. The fourth-order valence-electron chi connectivity index (χ4n) is 4.13. The van der Waals surface area contributed by atoms with Gasteiger partial charge in [0.05, 0.1) is 12.1 Å². The first-order chi connectivity index (χ1) is 13.2. The summed E-state index contributed by atoms with van der Waals surface area (Å²) in [6, 6.07) is 16.1. The van der Waals surface area contributed by atoms with Crippen LogP contribution in [0.2, 0.25) is 0 Å². The lowest BCUT2D eigenvalue weighted by Crippen LogP contribution is -2.33. The standard InChI is InChI=1S/C23H27NO3/c1-24(22-10-4-7-17-6-2-3-9-21(17)22)23(25)18-11-13-19(14-12-18)27-16-20-8-5-15-26-20/h2-3,6,9,11-14,20,22H,4-5,7-8,10,15-16H2,1H3/t20-,22+/m0/s1. The minimum Gasteiger partial charge on any atom is -0.491 e.